The van der Waals surface area contributed by atoms with E-state index in [9.17, 15) is 9.59 Å². The summed E-state index contributed by atoms with van der Waals surface area (Å²) < 4.78 is 5.74. The molecular formula is C23H23BrN4O3. The average Bonchev–Trinajstić information content (AvgIpc) is 3.23. The SMILES string of the molecule is O=C(Cc1ccc(NC(=O)c2ccc(Br)o2)cc1)NC1CCN(c2ccccn2)CC1. The first-order valence-electron chi connectivity index (χ1n) is 10.2. The van der Waals surface area contributed by atoms with Gasteiger partial charge in [0.15, 0.2) is 10.4 Å². The van der Waals surface area contributed by atoms with Crippen molar-refractivity contribution in [2.75, 3.05) is 23.3 Å². The molecule has 2 amide bonds. The number of hydrogen-bond acceptors (Lipinski definition) is 5. The van der Waals surface area contributed by atoms with Crippen LogP contribution in [0.4, 0.5) is 11.5 Å². The van der Waals surface area contributed by atoms with E-state index in [1.54, 1.807) is 30.5 Å². The molecule has 1 aliphatic rings. The van der Waals surface area contributed by atoms with Gasteiger partial charge >= 0.3 is 0 Å². The maximum absolute atomic E-state index is 12.5. The Labute approximate surface area is 189 Å². The van der Waals surface area contributed by atoms with Gasteiger partial charge in [-0.05, 0) is 70.7 Å². The number of halogens is 1. The summed E-state index contributed by atoms with van der Waals surface area (Å²) in [5.41, 5.74) is 1.53. The molecular weight excluding hydrogens is 460 g/mol. The Morgan fingerprint density at radius 2 is 1.84 bits per heavy atom. The number of carbonyl (C=O) groups is 2. The number of aromatic nitrogens is 1. The maximum atomic E-state index is 12.5. The molecule has 8 heteroatoms. The fraction of sp³-hybridized carbons (Fsp3) is 0.261. The maximum Gasteiger partial charge on any atom is 0.291 e. The van der Waals surface area contributed by atoms with Crippen LogP contribution in [0.25, 0.3) is 0 Å². The summed E-state index contributed by atoms with van der Waals surface area (Å²) in [7, 11) is 0. The number of benzene rings is 1. The first kappa shape index (κ1) is 21.1. The van der Waals surface area contributed by atoms with Crippen molar-refractivity contribution in [3.63, 3.8) is 0 Å². The Balaban J connectivity index is 1.23. The van der Waals surface area contributed by atoms with Gasteiger partial charge in [-0.15, -0.1) is 0 Å². The normalized spacial score (nSPS) is 14.3. The Kier molecular flexibility index (Phi) is 6.66. The van der Waals surface area contributed by atoms with E-state index in [1.807, 2.05) is 30.3 Å². The van der Waals surface area contributed by atoms with Crippen LogP contribution >= 0.6 is 15.9 Å². The number of anilines is 2. The van der Waals surface area contributed by atoms with Gasteiger partial charge in [0.25, 0.3) is 5.91 Å². The third-order valence-electron chi connectivity index (χ3n) is 5.21. The van der Waals surface area contributed by atoms with Crippen molar-refractivity contribution >= 4 is 39.2 Å². The highest BCUT2D eigenvalue weighted by Crippen LogP contribution is 2.18. The summed E-state index contributed by atoms with van der Waals surface area (Å²) in [6, 6.07) is 16.6. The molecule has 7 nitrogen and oxygen atoms in total. The highest BCUT2D eigenvalue weighted by molar-refractivity contribution is 9.10. The summed E-state index contributed by atoms with van der Waals surface area (Å²) in [4.78, 5) is 31.2. The molecule has 0 spiro atoms. The summed E-state index contributed by atoms with van der Waals surface area (Å²) in [5, 5.41) is 5.91. The Morgan fingerprint density at radius 3 is 2.48 bits per heavy atom. The second-order valence-electron chi connectivity index (χ2n) is 7.45. The number of amides is 2. The lowest BCUT2D eigenvalue weighted by molar-refractivity contribution is -0.121. The van der Waals surface area contributed by atoms with Crippen LogP contribution in [0, 0.1) is 0 Å². The van der Waals surface area contributed by atoms with Gasteiger partial charge in [0.2, 0.25) is 5.91 Å². The van der Waals surface area contributed by atoms with Crippen molar-refractivity contribution in [2.24, 2.45) is 0 Å². The summed E-state index contributed by atoms with van der Waals surface area (Å²) in [5.74, 6) is 0.894. The van der Waals surface area contributed by atoms with Crippen LogP contribution in [0.3, 0.4) is 0 Å². The summed E-state index contributed by atoms with van der Waals surface area (Å²) in [6.45, 7) is 1.76. The van der Waals surface area contributed by atoms with Gasteiger partial charge in [-0.1, -0.05) is 18.2 Å². The quantitative estimate of drug-likeness (QED) is 0.553. The molecule has 2 aromatic heterocycles. The highest BCUT2D eigenvalue weighted by atomic mass is 79.9. The van der Waals surface area contributed by atoms with Gasteiger partial charge in [-0.25, -0.2) is 4.98 Å². The number of hydrogen-bond donors (Lipinski definition) is 2. The van der Waals surface area contributed by atoms with Crippen molar-refractivity contribution in [3.05, 3.63) is 76.8 Å². The number of furan rings is 1. The van der Waals surface area contributed by atoms with Crippen molar-refractivity contribution in [2.45, 2.75) is 25.3 Å². The standard InChI is InChI=1S/C23H23BrN4O3/c24-20-9-8-19(31-20)23(30)27-17-6-4-16(5-7-17)15-22(29)26-18-10-13-28(14-11-18)21-3-1-2-12-25-21/h1-9,12,18H,10-11,13-15H2,(H,26,29)(H,27,30). The van der Waals surface area contributed by atoms with Gasteiger partial charge in [-0.3, -0.25) is 9.59 Å². The fourth-order valence-corrected chi connectivity index (χ4v) is 3.90. The molecule has 31 heavy (non-hydrogen) atoms. The third-order valence-corrected chi connectivity index (χ3v) is 5.63. The Hall–Kier alpha value is -3.13. The Morgan fingerprint density at radius 1 is 1.06 bits per heavy atom. The predicted octanol–water partition coefficient (Wildman–Crippen LogP) is 4.02. The number of piperidine rings is 1. The predicted molar refractivity (Wildman–Crippen MR) is 122 cm³/mol. The first-order chi connectivity index (χ1) is 15.1. The van der Waals surface area contributed by atoms with Crippen LogP contribution in [-0.4, -0.2) is 35.9 Å². The monoisotopic (exact) mass is 482 g/mol. The molecule has 0 saturated carbocycles. The van der Waals surface area contributed by atoms with E-state index in [-0.39, 0.29) is 23.6 Å². The number of rotatable bonds is 6. The van der Waals surface area contributed by atoms with Crippen molar-refractivity contribution in [3.8, 4) is 0 Å². The van der Waals surface area contributed by atoms with Crippen molar-refractivity contribution in [1.29, 1.82) is 0 Å². The molecule has 1 fully saturated rings. The number of nitrogens with one attached hydrogen (secondary N) is 2. The molecule has 1 aromatic carbocycles. The molecule has 160 valence electrons. The molecule has 0 unspecified atom stereocenters. The molecule has 0 atom stereocenters. The van der Waals surface area contributed by atoms with Crippen LogP contribution in [0.2, 0.25) is 0 Å². The van der Waals surface area contributed by atoms with E-state index in [4.69, 9.17) is 4.42 Å². The van der Waals surface area contributed by atoms with E-state index in [2.05, 4.69) is 36.4 Å². The average molecular weight is 483 g/mol. The van der Waals surface area contributed by atoms with Crippen LogP contribution in [-0.2, 0) is 11.2 Å². The first-order valence-corrected chi connectivity index (χ1v) is 11.0. The molecule has 0 radical (unpaired) electrons. The highest BCUT2D eigenvalue weighted by Gasteiger charge is 2.21. The molecule has 0 aliphatic carbocycles. The topological polar surface area (TPSA) is 87.5 Å². The van der Waals surface area contributed by atoms with Crippen LogP contribution in [0.1, 0.15) is 29.0 Å². The van der Waals surface area contributed by atoms with E-state index in [0.29, 0.717) is 16.8 Å². The lowest BCUT2D eigenvalue weighted by atomic mass is 10.0. The van der Waals surface area contributed by atoms with Gasteiger partial charge in [0.05, 0.1) is 6.42 Å². The van der Waals surface area contributed by atoms with Gasteiger partial charge in [0.1, 0.15) is 5.82 Å². The number of pyridine rings is 1. The molecule has 1 saturated heterocycles. The Bertz CT molecular complexity index is 1030. The zero-order chi connectivity index (χ0) is 21.6. The van der Waals surface area contributed by atoms with Crippen molar-refractivity contribution in [1.82, 2.24) is 10.3 Å². The minimum absolute atomic E-state index is 0.00788. The second kappa shape index (κ2) is 9.78. The largest absolute Gasteiger partial charge is 0.444 e. The number of nitrogens with zero attached hydrogens (tertiary/aromatic N) is 2. The summed E-state index contributed by atoms with van der Waals surface area (Å²) in [6.07, 6.45) is 3.90. The molecule has 1 aliphatic heterocycles. The van der Waals surface area contributed by atoms with Crippen LogP contribution in [0.5, 0.6) is 0 Å². The zero-order valence-electron chi connectivity index (χ0n) is 16.9. The van der Waals surface area contributed by atoms with E-state index in [1.165, 1.54) is 0 Å². The van der Waals surface area contributed by atoms with E-state index in [0.717, 1.165) is 37.3 Å². The lowest BCUT2D eigenvalue weighted by Gasteiger charge is -2.33. The molecule has 4 rings (SSSR count). The molecule has 3 heterocycles. The summed E-state index contributed by atoms with van der Waals surface area (Å²) >= 11 is 3.18. The van der Waals surface area contributed by atoms with Crippen LogP contribution < -0.4 is 15.5 Å². The fourth-order valence-electron chi connectivity index (χ4n) is 3.59. The molecule has 2 N–H and O–H groups in total. The minimum Gasteiger partial charge on any atom is -0.444 e. The zero-order valence-corrected chi connectivity index (χ0v) is 18.5. The molecule has 3 aromatic rings. The molecule has 0 bridgehead atoms. The lowest BCUT2D eigenvalue weighted by Crippen LogP contribution is -2.45. The van der Waals surface area contributed by atoms with Crippen LogP contribution in [0.15, 0.2) is 69.9 Å². The van der Waals surface area contributed by atoms with E-state index < -0.39 is 0 Å². The van der Waals surface area contributed by atoms with Crippen molar-refractivity contribution < 1.29 is 14.0 Å². The third kappa shape index (κ3) is 5.73. The van der Waals surface area contributed by atoms with E-state index >= 15 is 0 Å². The second-order valence-corrected chi connectivity index (χ2v) is 8.23. The van der Waals surface area contributed by atoms with Gasteiger partial charge < -0.3 is 20.0 Å². The smallest absolute Gasteiger partial charge is 0.291 e. The van der Waals surface area contributed by atoms with Gasteiger partial charge in [0, 0.05) is 31.0 Å². The number of carbonyl (C=O) groups excluding carboxylic acids is 2. The van der Waals surface area contributed by atoms with Gasteiger partial charge in [-0.2, -0.15) is 0 Å². The minimum atomic E-state index is -0.326.